The van der Waals surface area contributed by atoms with Gasteiger partial charge in [-0.25, -0.2) is 4.68 Å². The smallest absolute Gasteiger partial charge is 0.212 e. The van der Waals surface area contributed by atoms with Crippen molar-refractivity contribution in [2.45, 2.75) is 51.3 Å². The largest absolute Gasteiger partial charge is 0.473 e. The fourth-order valence-corrected chi connectivity index (χ4v) is 3.56. The van der Waals surface area contributed by atoms with Gasteiger partial charge in [0.2, 0.25) is 5.88 Å². The number of benzene rings is 1. The van der Waals surface area contributed by atoms with Gasteiger partial charge in [0.25, 0.3) is 0 Å². The van der Waals surface area contributed by atoms with Gasteiger partial charge in [-0.15, -0.1) is 0 Å². The third-order valence-electron chi connectivity index (χ3n) is 4.41. The van der Waals surface area contributed by atoms with Gasteiger partial charge in [0.1, 0.15) is 6.61 Å². The van der Waals surface area contributed by atoms with Crippen LogP contribution in [0.25, 0.3) is 0 Å². The molecular formula is C18H23Cl2N3O. The van der Waals surface area contributed by atoms with Crippen molar-refractivity contribution in [1.29, 1.82) is 0 Å². The first kappa shape index (κ1) is 17.6. The van der Waals surface area contributed by atoms with Crippen LogP contribution in [-0.4, -0.2) is 16.8 Å². The summed E-state index contributed by atoms with van der Waals surface area (Å²) in [4.78, 5) is 0. The topological polar surface area (TPSA) is 39.1 Å². The second-order valence-corrected chi connectivity index (χ2v) is 7.11. The summed E-state index contributed by atoms with van der Waals surface area (Å²) >= 11 is 12.3. The normalized spacial score (nSPS) is 15.6. The van der Waals surface area contributed by atoms with Crippen LogP contribution in [0.1, 0.15) is 49.4 Å². The molecule has 1 fully saturated rings. The maximum absolute atomic E-state index is 6.23. The molecule has 1 heterocycles. The minimum Gasteiger partial charge on any atom is -0.473 e. The second kappa shape index (κ2) is 8.24. The zero-order chi connectivity index (χ0) is 16.9. The number of nitrogens with one attached hydrogen (secondary N) is 1. The standard InChI is InChI=1S/C18H23Cl2N3O/c1-21-11-15-10-18(23(22-15)16-5-3-2-4-6-16)24-12-13-9-14(19)7-8-17(13)20/h7-10,16,21H,2-6,11-12H2,1H3. The first-order valence-corrected chi connectivity index (χ1v) is 9.22. The molecule has 1 aliphatic rings. The van der Waals surface area contributed by atoms with Crippen LogP contribution in [-0.2, 0) is 13.2 Å². The number of rotatable bonds is 6. The molecule has 3 rings (SSSR count). The molecule has 130 valence electrons. The van der Waals surface area contributed by atoms with Crippen LogP contribution in [0.2, 0.25) is 10.0 Å². The van der Waals surface area contributed by atoms with Crippen LogP contribution in [0.3, 0.4) is 0 Å². The summed E-state index contributed by atoms with van der Waals surface area (Å²) in [5, 5.41) is 9.22. The lowest BCUT2D eigenvalue weighted by Crippen LogP contribution is -2.16. The van der Waals surface area contributed by atoms with E-state index in [2.05, 4.69) is 10.00 Å². The third kappa shape index (κ3) is 4.24. The van der Waals surface area contributed by atoms with E-state index in [4.69, 9.17) is 33.0 Å². The average molecular weight is 368 g/mol. The molecule has 1 saturated carbocycles. The molecule has 1 aromatic carbocycles. The molecule has 4 nitrogen and oxygen atoms in total. The first-order chi connectivity index (χ1) is 11.7. The van der Waals surface area contributed by atoms with Gasteiger partial charge in [-0.1, -0.05) is 42.5 Å². The third-order valence-corrected chi connectivity index (χ3v) is 5.02. The number of aromatic nitrogens is 2. The molecule has 1 N–H and O–H groups in total. The monoisotopic (exact) mass is 367 g/mol. The Bertz CT molecular complexity index is 681. The Labute approximate surface area is 153 Å². The molecule has 0 amide bonds. The van der Waals surface area contributed by atoms with E-state index in [0.29, 0.717) is 22.7 Å². The molecule has 1 aromatic heterocycles. The highest BCUT2D eigenvalue weighted by Gasteiger charge is 2.21. The highest BCUT2D eigenvalue weighted by Crippen LogP contribution is 2.32. The molecule has 0 saturated heterocycles. The predicted molar refractivity (Wildman–Crippen MR) is 97.9 cm³/mol. The summed E-state index contributed by atoms with van der Waals surface area (Å²) in [6, 6.07) is 7.87. The van der Waals surface area contributed by atoms with E-state index in [1.807, 2.05) is 19.2 Å². The van der Waals surface area contributed by atoms with Gasteiger partial charge in [-0.2, -0.15) is 5.10 Å². The maximum atomic E-state index is 6.23. The van der Waals surface area contributed by atoms with Gasteiger partial charge < -0.3 is 10.1 Å². The Morgan fingerprint density at radius 3 is 2.75 bits per heavy atom. The lowest BCUT2D eigenvalue weighted by molar-refractivity contribution is 0.238. The Morgan fingerprint density at radius 1 is 1.21 bits per heavy atom. The van der Waals surface area contributed by atoms with E-state index < -0.39 is 0 Å². The molecule has 2 aromatic rings. The summed E-state index contributed by atoms with van der Waals surface area (Å²) in [7, 11) is 1.92. The molecule has 0 bridgehead atoms. The Hall–Kier alpha value is -1.23. The molecular weight excluding hydrogens is 345 g/mol. The van der Waals surface area contributed by atoms with Crippen molar-refractivity contribution in [1.82, 2.24) is 15.1 Å². The van der Waals surface area contributed by atoms with E-state index in [1.165, 1.54) is 19.3 Å². The van der Waals surface area contributed by atoms with E-state index >= 15 is 0 Å². The van der Waals surface area contributed by atoms with Crippen molar-refractivity contribution in [2.75, 3.05) is 7.05 Å². The quantitative estimate of drug-likeness (QED) is 0.781. The molecule has 0 unspecified atom stereocenters. The summed E-state index contributed by atoms with van der Waals surface area (Å²) in [6.45, 7) is 1.12. The lowest BCUT2D eigenvalue weighted by Gasteiger charge is -2.23. The summed E-state index contributed by atoms with van der Waals surface area (Å²) in [5.74, 6) is 0.809. The molecule has 1 aliphatic carbocycles. The van der Waals surface area contributed by atoms with Gasteiger partial charge >= 0.3 is 0 Å². The zero-order valence-corrected chi connectivity index (χ0v) is 15.4. The van der Waals surface area contributed by atoms with E-state index in [1.54, 1.807) is 12.1 Å². The predicted octanol–water partition coefficient (Wildman–Crippen LogP) is 4.99. The zero-order valence-electron chi connectivity index (χ0n) is 13.9. The van der Waals surface area contributed by atoms with Crippen LogP contribution >= 0.6 is 23.2 Å². The molecule has 0 radical (unpaired) electrons. The number of hydrogen-bond acceptors (Lipinski definition) is 3. The van der Waals surface area contributed by atoms with E-state index in [9.17, 15) is 0 Å². The lowest BCUT2D eigenvalue weighted by atomic mass is 9.96. The molecule has 0 atom stereocenters. The van der Waals surface area contributed by atoms with Crippen LogP contribution in [0.5, 0.6) is 5.88 Å². The minimum absolute atomic E-state index is 0.386. The Balaban J connectivity index is 1.79. The van der Waals surface area contributed by atoms with Crippen molar-refractivity contribution in [3.8, 4) is 5.88 Å². The summed E-state index contributed by atoms with van der Waals surface area (Å²) in [5.41, 5.74) is 1.88. The van der Waals surface area contributed by atoms with Crippen molar-refractivity contribution in [3.05, 3.63) is 45.6 Å². The van der Waals surface area contributed by atoms with Gasteiger partial charge in [0, 0.05) is 28.2 Å². The fraction of sp³-hybridized carbons (Fsp3) is 0.500. The molecule has 0 aliphatic heterocycles. The van der Waals surface area contributed by atoms with Crippen LogP contribution < -0.4 is 10.1 Å². The highest BCUT2D eigenvalue weighted by molar-refractivity contribution is 6.33. The van der Waals surface area contributed by atoms with Crippen molar-refractivity contribution in [2.24, 2.45) is 0 Å². The van der Waals surface area contributed by atoms with Gasteiger partial charge in [-0.05, 0) is 38.1 Å². The minimum atomic E-state index is 0.386. The highest BCUT2D eigenvalue weighted by atomic mass is 35.5. The second-order valence-electron chi connectivity index (χ2n) is 6.27. The van der Waals surface area contributed by atoms with Gasteiger partial charge in [0.05, 0.1) is 11.7 Å². The number of nitrogens with zero attached hydrogens (tertiary/aromatic N) is 2. The Kier molecular flexibility index (Phi) is 6.04. The SMILES string of the molecule is CNCc1cc(OCc2cc(Cl)ccc2Cl)n(C2CCCCC2)n1. The summed E-state index contributed by atoms with van der Waals surface area (Å²) in [6.07, 6.45) is 6.15. The van der Waals surface area contributed by atoms with Crippen LogP contribution in [0.4, 0.5) is 0 Å². The maximum Gasteiger partial charge on any atom is 0.212 e. The number of hydrogen-bond donors (Lipinski definition) is 1. The van der Waals surface area contributed by atoms with Crippen LogP contribution in [0, 0.1) is 0 Å². The fourth-order valence-electron chi connectivity index (χ4n) is 3.19. The molecule has 24 heavy (non-hydrogen) atoms. The van der Waals surface area contributed by atoms with Gasteiger partial charge in [0.15, 0.2) is 0 Å². The van der Waals surface area contributed by atoms with E-state index in [-0.39, 0.29) is 0 Å². The molecule has 0 spiro atoms. The van der Waals surface area contributed by atoms with Crippen molar-refractivity contribution in [3.63, 3.8) is 0 Å². The van der Waals surface area contributed by atoms with E-state index in [0.717, 1.165) is 36.5 Å². The molecule has 6 heteroatoms. The van der Waals surface area contributed by atoms with Crippen molar-refractivity contribution < 1.29 is 4.74 Å². The Morgan fingerprint density at radius 2 is 2.00 bits per heavy atom. The number of ether oxygens (including phenoxy) is 1. The number of halogens is 2. The van der Waals surface area contributed by atoms with Crippen molar-refractivity contribution >= 4 is 23.2 Å². The summed E-state index contributed by atoms with van der Waals surface area (Å²) < 4.78 is 8.13. The average Bonchev–Trinajstić information content (AvgIpc) is 3.00. The first-order valence-electron chi connectivity index (χ1n) is 8.47. The van der Waals surface area contributed by atoms with Gasteiger partial charge in [-0.3, -0.25) is 0 Å². The van der Waals surface area contributed by atoms with Crippen LogP contribution in [0.15, 0.2) is 24.3 Å².